The van der Waals surface area contributed by atoms with Crippen LogP contribution in [0.4, 0.5) is 5.69 Å². The summed E-state index contributed by atoms with van der Waals surface area (Å²) in [6.45, 7) is 3.40. The van der Waals surface area contributed by atoms with Crippen LogP contribution >= 0.6 is 11.8 Å². The van der Waals surface area contributed by atoms with Crippen LogP contribution in [0.3, 0.4) is 0 Å². The van der Waals surface area contributed by atoms with Crippen LogP contribution in [0.2, 0.25) is 0 Å². The van der Waals surface area contributed by atoms with Gasteiger partial charge in [0.25, 0.3) is 11.8 Å². The number of anilines is 1. The maximum atomic E-state index is 12.6. The van der Waals surface area contributed by atoms with Gasteiger partial charge in [-0.2, -0.15) is 11.8 Å². The highest BCUT2D eigenvalue weighted by atomic mass is 32.2. The van der Waals surface area contributed by atoms with Crippen molar-refractivity contribution in [1.29, 1.82) is 0 Å². The zero-order chi connectivity index (χ0) is 21.2. The van der Waals surface area contributed by atoms with Crippen LogP contribution in [0.5, 0.6) is 0 Å². The van der Waals surface area contributed by atoms with Gasteiger partial charge in [0, 0.05) is 11.3 Å². The predicted octanol–water partition coefficient (Wildman–Crippen LogP) is 3.42. The second kappa shape index (κ2) is 11.3. The summed E-state index contributed by atoms with van der Waals surface area (Å²) in [6.07, 6.45) is 1.33. The van der Waals surface area contributed by atoms with Gasteiger partial charge in [0.15, 0.2) is 6.10 Å². The number of carbonyl (C=O) groups excluding carboxylic acids is 3. The number of aryl methyl sites for hydroxylation is 1. The topological polar surface area (TPSA) is 84.5 Å². The highest BCUT2D eigenvalue weighted by Gasteiger charge is 2.26. The fourth-order valence-corrected chi connectivity index (χ4v) is 3.06. The molecule has 0 saturated carbocycles. The monoisotopic (exact) mass is 414 g/mol. The number of benzene rings is 2. The normalized spacial score (nSPS) is 12.5. The number of hydrogen-bond donors (Lipinski definition) is 2. The van der Waals surface area contributed by atoms with E-state index in [4.69, 9.17) is 4.74 Å². The van der Waals surface area contributed by atoms with Gasteiger partial charge in [-0.15, -0.1) is 0 Å². The van der Waals surface area contributed by atoms with E-state index in [0.29, 0.717) is 23.4 Å². The zero-order valence-corrected chi connectivity index (χ0v) is 17.6. The van der Waals surface area contributed by atoms with E-state index in [-0.39, 0.29) is 5.91 Å². The lowest BCUT2D eigenvalue weighted by molar-refractivity contribution is -0.155. The molecule has 29 heavy (non-hydrogen) atoms. The summed E-state index contributed by atoms with van der Waals surface area (Å²) in [5.41, 5.74) is 2.04. The first-order chi connectivity index (χ1) is 13.9. The first-order valence-electron chi connectivity index (χ1n) is 9.33. The standard InChI is InChI=1S/C22H26N2O4S/c1-15-8-7-9-17(14-15)21(26)24-19(12-13-29-3)22(27)28-16(2)20(25)23-18-10-5-4-6-11-18/h4-11,14,16,19H,12-13H2,1-3H3,(H,23,25)(H,24,26)/t16-,19-/m1/s1. The lowest BCUT2D eigenvalue weighted by atomic mass is 10.1. The number of thioether (sulfide) groups is 1. The molecular weight excluding hydrogens is 388 g/mol. The van der Waals surface area contributed by atoms with Crippen molar-refractivity contribution in [3.05, 3.63) is 65.7 Å². The molecule has 2 amide bonds. The van der Waals surface area contributed by atoms with Crippen molar-refractivity contribution in [3.8, 4) is 0 Å². The molecule has 2 N–H and O–H groups in total. The third kappa shape index (κ3) is 7.27. The van der Waals surface area contributed by atoms with Crippen LogP contribution < -0.4 is 10.6 Å². The van der Waals surface area contributed by atoms with Crippen LogP contribution in [0.1, 0.15) is 29.3 Å². The third-order valence-electron chi connectivity index (χ3n) is 4.18. The molecule has 0 bridgehead atoms. The number of hydrogen-bond acceptors (Lipinski definition) is 5. The van der Waals surface area contributed by atoms with Crippen LogP contribution in [0.15, 0.2) is 54.6 Å². The van der Waals surface area contributed by atoms with E-state index in [1.165, 1.54) is 6.92 Å². The quantitative estimate of drug-likeness (QED) is 0.614. The Hall–Kier alpha value is -2.80. The summed E-state index contributed by atoms with van der Waals surface area (Å²) in [5.74, 6) is -0.745. The van der Waals surface area contributed by atoms with Crippen molar-refractivity contribution < 1.29 is 19.1 Å². The molecule has 0 aliphatic rings. The van der Waals surface area contributed by atoms with Gasteiger partial charge >= 0.3 is 5.97 Å². The van der Waals surface area contributed by atoms with Gasteiger partial charge in [-0.25, -0.2) is 4.79 Å². The lowest BCUT2D eigenvalue weighted by Crippen LogP contribution is -2.44. The van der Waals surface area contributed by atoms with Crippen molar-refractivity contribution in [2.45, 2.75) is 32.4 Å². The molecule has 0 fully saturated rings. The Morgan fingerprint density at radius 2 is 1.79 bits per heavy atom. The van der Waals surface area contributed by atoms with Crippen LogP contribution in [0, 0.1) is 6.92 Å². The summed E-state index contributed by atoms with van der Waals surface area (Å²) < 4.78 is 5.33. The number of ether oxygens (including phenoxy) is 1. The summed E-state index contributed by atoms with van der Waals surface area (Å²) >= 11 is 1.56. The molecule has 154 valence electrons. The van der Waals surface area contributed by atoms with Crippen LogP contribution in [-0.2, 0) is 14.3 Å². The van der Waals surface area contributed by atoms with Crippen molar-refractivity contribution in [1.82, 2.24) is 5.32 Å². The molecular formula is C22H26N2O4S. The van der Waals surface area contributed by atoms with E-state index < -0.39 is 24.0 Å². The highest BCUT2D eigenvalue weighted by molar-refractivity contribution is 7.98. The number of rotatable bonds is 9. The lowest BCUT2D eigenvalue weighted by Gasteiger charge is -2.20. The Kier molecular flexibility index (Phi) is 8.73. The van der Waals surface area contributed by atoms with Crippen LogP contribution in [-0.4, -0.2) is 41.9 Å². The molecule has 2 aromatic carbocycles. The third-order valence-corrected chi connectivity index (χ3v) is 4.83. The number of esters is 1. The number of para-hydroxylation sites is 1. The highest BCUT2D eigenvalue weighted by Crippen LogP contribution is 2.10. The molecule has 0 unspecified atom stereocenters. The first-order valence-corrected chi connectivity index (χ1v) is 10.7. The summed E-state index contributed by atoms with van der Waals surface area (Å²) in [6, 6.07) is 15.2. The molecule has 0 radical (unpaired) electrons. The van der Waals surface area contributed by atoms with E-state index in [1.54, 1.807) is 54.2 Å². The molecule has 0 heterocycles. The smallest absolute Gasteiger partial charge is 0.329 e. The molecule has 0 saturated heterocycles. The maximum absolute atomic E-state index is 12.6. The minimum atomic E-state index is -0.990. The molecule has 2 aromatic rings. The average molecular weight is 415 g/mol. The van der Waals surface area contributed by atoms with Crippen molar-refractivity contribution in [3.63, 3.8) is 0 Å². The Bertz CT molecular complexity index is 842. The molecule has 0 aliphatic heterocycles. The van der Waals surface area contributed by atoms with Crippen LogP contribution in [0.25, 0.3) is 0 Å². The van der Waals surface area contributed by atoms with Crippen molar-refractivity contribution in [2.24, 2.45) is 0 Å². The van der Waals surface area contributed by atoms with Gasteiger partial charge in [0.05, 0.1) is 0 Å². The van der Waals surface area contributed by atoms with Crippen molar-refractivity contribution in [2.75, 3.05) is 17.3 Å². The molecule has 7 heteroatoms. The van der Waals surface area contributed by atoms with Gasteiger partial charge in [-0.3, -0.25) is 9.59 Å². The molecule has 2 atom stereocenters. The van der Waals surface area contributed by atoms with E-state index in [0.717, 1.165) is 5.56 Å². The minimum absolute atomic E-state index is 0.349. The maximum Gasteiger partial charge on any atom is 0.329 e. The Balaban J connectivity index is 1.99. The van der Waals surface area contributed by atoms with E-state index in [1.807, 2.05) is 25.3 Å². The SMILES string of the molecule is CSCC[C@@H](NC(=O)c1cccc(C)c1)C(=O)O[C@H](C)C(=O)Nc1ccccc1. The van der Waals surface area contributed by atoms with Gasteiger partial charge in [-0.05, 0) is 56.5 Å². The average Bonchev–Trinajstić information content (AvgIpc) is 2.71. The van der Waals surface area contributed by atoms with Crippen molar-refractivity contribution >= 4 is 35.2 Å². The fraction of sp³-hybridized carbons (Fsp3) is 0.318. The summed E-state index contributed by atoms with van der Waals surface area (Å²) in [7, 11) is 0. The summed E-state index contributed by atoms with van der Waals surface area (Å²) in [5, 5.41) is 5.42. The number of carbonyl (C=O) groups is 3. The van der Waals surface area contributed by atoms with Gasteiger partial charge in [0.2, 0.25) is 0 Å². The predicted molar refractivity (Wildman–Crippen MR) is 116 cm³/mol. The van der Waals surface area contributed by atoms with Gasteiger partial charge in [-0.1, -0.05) is 35.9 Å². The van der Waals surface area contributed by atoms with E-state index >= 15 is 0 Å². The van der Waals surface area contributed by atoms with E-state index in [9.17, 15) is 14.4 Å². The Labute approximate surface area is 175 Å². The second-order valence-corrected chi connectivity index (χ2v) is 7.60. The Morgan fingerprint density at radius 3 is 2.45 bits per heavy atom. The minimum Gasteiger partial charge on any atom is -0.451 e. The fourth-order valence-electron chi connectivity index (χ4n) is 2.59. The largest absolute Gasteiger partial charge is 0.451 e. The van der Waals surface area contributed by atoms with E-state index in [2.05, 4.69) is 10.6 Å². The molecule has 0 aromatic heterocycles. The molecule has 2 rings (SSSR count). The molecule has 0 spiro atoms. The van der Waals surface area contributed by atoms with Gasteiger partial charge in [0.1, 0.15) is 6.04 Å². The zero-order valence-electron chi connectivity index (χ0n) is 16.8. The number of nitrogens with one attached hydrogen (secondary N) is 2. The second-order valence-electron chi connectivity index (χ2n) is 6.61. The number of amides is 2. The summed E-state index contributed by atoms with van der Waals surface area (Å²) in [4.78, 5) is 37.4. The first kappa shape index (κ1) is 22.5. The Morgan fingerprint density at radius 1 is 1.07 bits per heavy atom. The molecule has 6 nitrogen and oxygen atoms in total. The molecule has 0 aliphatic carbocycles. The van der Waals surface area contributed by atoms with Gasteiger partial charge < -0.3 is 15.4 Å².